The first-order valence-corrected chi connectivity index (χ1v) is 9.50. The van der Waals surface area contributed by atoms with Crippen molar-refractivity contribution in [2.24, 2.45) is 5.92 Å². The van der Waals surface area contributed by atoms with E-state index in [1.54, 1.807) is 11.2 Å². The molecule has 1 aliphatic heterocycles. The van der Waals surface area contributed by atoms with Crippen LogP contribution in [0.4, 0.5) is 5.69 Å². The number of rotatable bonds is 4. The highest BCUT2D eigenvalue weighted by atomic mass is 16.3. The van der Waals surface area contributed by atoms with Crippen LogP contribution in [0.25, 0.3) is 11.1 Å². The summed E-state index contributed by atoms with van der Waals surface area (Å²) in [6.45, 7) is 1.08. The van der Waals surface area contributed by atoms with Gasteiger partial charge in [0, 0.05) is 30.3 Å². The van der Waals surface area contributed by atoms with Gasteiger partial charge in [0.05, 0.1) is 6.26 Å². The van der Waals surface area contributed by atoms with Gasteiger partial charge in [-0.2, -0.15) is 0 Å². The number of carbonyl (C=O) groups is 2. The van der Waals surface area contributed by atoms with Crippen molar-refractivity contribution in [3.63, 3.8) is 0 Å². The van der Waals surface area contributed by atoms with Gasteiger partial charge >= 0.3 is 0 Å². The third kappa shape index (κ3) is 3.83. The first-order chi connectivity index (χ1) is 13.7. The maximum atomic E-state index is 13.0. The van der Waals surface area contributed by atoms with Gasteiger partial charge in [0.2, 0.25) is 5.91 Å². The minimum absolute atomic E-state index is 0.0151. The Hall–Kier alpha value is -3.34. The number of likely N-dealkylation sites (tertiary alicyclic amines) is 1. The van der Waals surface area contributed by atoms with Gasteiger partial charge in [0.25, 0.3) is 5.91 Å². The highest BCUT2D eigenvalue weighted by molar-refractivity contribution is 5.98. The monoisotopic (exact) mass is 374 g/mol. The van der Waals surface area contributed by atoms with Crippen molar-refractivity contribution in [1.82, 2.24) is 4.90 Å². The number of carbonyl (C=O) groups excluding carboxylic acids is 2. The number of furan rings is 1. The lowest BCUT2D eigenvalue weighted by atomic mass is 9.95. The Balaban J connectivity index is 1.39. The molecule has 2 heterocycles. The average Bonchev–Trinajstić information content (AvgIpc) is 3.24. The summed E-state index contributed by atoms with van der Waals surface area (Å²) in [5.74, 6) is 0.167. The van der Waals surface area contributed by atoms with Gasteiger partial charge < -0.3 is 14.6 Å². The largest absolute Gasteiger partial charge is 0.459 e. The Bertz CT molecular complexity index is 942. The molecule has 1 fully saturated rings. The van der Waals surface area contributed by atoms with Crippen LogP contribution in [-0.2, 0) is 4.79 Å². The maximum Gasteiger partial charge on any atom is 0.290 e. The van der Waals surface area contributed by atoms with Gasteiger partial charge in [-0.25, -0.2) is 0 Å². The molecule has 3 aromatic rings. The smallest absolute Gasteiger partial charge is 0.290 e. The van der Waals surface area contributed by atoms with Gasteiger partial charge in [-0.1, -0.05) is 48.5 Å². The molecule has 5 heteroatoms. The zero-order valence-corrected chi connectivity index (χ0v) is 15.5. The van der Waals surface area contributed by atoms with Crippen molar-refractivity contribution in [1.29, 1.82) is 0 Å². The van der Waals surface area contributed by atoms with E-state index >= 15 is 0 Å². The van der Waals surface area contributed by atoms with Crippen molar-refractivity contribution < 1.29 is 14.0 Å². The molecule has 4 rings (SSSR count). The van der Waals surface area contributed by atoms with Crippen molar-refractivity contribution in [2.45, 2.75) is 12.8 Å². The van der Waals surface area contributed by atoms with E-state index in [9.17, 15) is 9.59 Å². The number of anilines is 1. The second-order valence-electron chi connectivity index (χ2n) is 6.95. The lowest BCUT2D eigenvalue weighted by Gasteiger charge is -2.31. The van der Waals surface area contributed by atoms with E-state index in [1.807, 2.05) is 66.7 Å². The molecule has 0 radical (unpaired) electrons. The fourth-order valence-corrected chi connectivity index (χ4v) is 3.57. The van der Waals surface area contributed by atoms with Crippen molar-refractivity contribution in [3.8, 4) is 11.1 Å². The third-order valence-electron chi connectivity index (χ3n) is 5.14. The highest BCUT2D eigenvalue weighted by Crippen LogP contribution is 2.28. The van der Waals surface area contributed by atoms with Crippen molar-refractivity contribution in [3.05, 3.63) is 78.8 Å². The van der Waals surface area contributed by atoms with Gasteiger partial charge in [0.15, 0.2) is 5.76 Å². The van der Waals surface area contributed by atoms with Crippen molar-refractivity contribution in [2.75, 3.05) is 18.4 Å². The minimum Gasteiger partial charge on any atom is -0.459 e. The third-order valence-corrected chi connectivity index (χ3v) is 5.14. The number of nitrogens with zero attached hydrogens (tertiary/aromatic N) is 1. The lowest BCUT2D eigenvalue weighted by molar-refractivity contribution is -0.121. The number of para-hydroxylation sites is 1. The Morgan fingerprint density at radius 3 is 2.21 bits per heavy atom. The van der Waals surface area contributed by atoms with E-state index in [0.717, 1.165) is 16.8 Å². The summed E-state index contributed by atoms with van der Waals surface area (Å²) < 4.78 is 5.52. The lowest BCUT2D eigenvalue weighted by Crippen LogP contribution is -2.41. The Labute approximate surface area is 164 Å². The first-order valence-electron chi connectivity index (χ1n) is 9.50. The summed E-state index contributed by atoms with van der Waals surface area (Å²) in [6, 6.07) is 21.0. The molecule has 0 bridgehead atoms. The predicted octanol–water partition coefficient (Wildman–Crippen LogP) is 4.44. The van der Waals surface area contributed by atoms with E-state index in [2.05, 4.69) is 5.32 Å². The summed E-state index contributed by atoms with van der Waals surface area (Å²) in [5, 5.41) is 2.95. The quantitative estimate of drug-likeness (QED) is 0.734. The molecule has 1 aromatic heterocycles. The molecule has 1 saturated heterocycles. The fraction of sp³-hybridized carbons (Fsp3) is 0.217. The number of hydrogen-bond acceptors (Lipinski definition) is 3. The maximum absolute atomic E-state index is 13.0. The SMILES string of the molecule is O=C(Nc1ccccc1)C1CCN(C(=O)c2occc2-c2ccccc2)CC1. The van der Waals surface area contributed by atoms with E-state index in [1.165, 1.54) is 0 Å². The standard InChI is InChI=1S/C23H22N2O3/c26-22(24-19-9-5-2-6-10-19)18-11-14-25(15-12-18)23(27)21-20(13-16-28-21)17-7-3-1-4-8-17/h1-10,13,16,18H,11-12,14-15H2,(H,24,26). The predicted molar refractivity (Wildman–Crippen MR) is 108 cm³/mol. The van der Waals surface area contributed by atoms with Crippen LogP contribution in [0, 0.1) is 5.92 Å². The molecular weight excluding hydrogens is 352 g/mol. The van der Waals surface area contributed by atoms with Gasteiger partial charge in [0.1, 0.15) is 0 Å². The molecule has 1 N–H and O–H groups in total. The van der Waals surface area contributed by atoms with Gasteiger partial charge in [-0.3, -0.25) is 9.59 Å². The Morgan fingerprint density at radius 2 is 1.54 bits per heavy atom. The molecule has 0 atom stereocenters. The zero-order valence-electron chi connectivity index (χ0n) is 15.5. The van der Waals surface area contributed by atoms with E-state index in [4.69, 9.17) is 4.42 Å². The number of benzene rings is 2. The molecule has 5 nitrogen and oxygen atoms in total. The van der Waals surface area contributed by atoms with E-state index in [-0.39, 0.29) is 17.7 Å². The molecule has 0 unspecified atom stereocenters. The number of hydrogen-bond donors (Lipinski definition) is 1. The van der Waals surface area contributed by atoms with Gasteiger partial charge in [-0.05, 0) is 36.6 Å². The Kier molecular flexibility index (Phi) is 5.24. The van der Waals surface area contributed by atoms with Crippen LogP contribution in [0.3, 0.4) is 0 Å². The van der Waals surface area contributed by atoms with Crippen LogP contribution in [0.1, 0.15) is 23.4 Å². The summed E-state index contributed by atoms with van der Waals surface area (Å²) in [4.78, 5) is 27.2. The van der Waals surface area contributed by atoms with E-state index in [0.29, 0.717) is 31.7 Å². The molecule has 142 valence electrons. The van der Waals surface area contributed by atoms with Crippen LogP contribution in [0.5, 0.6) is 0 Å². The topological polar surface area (TPSA) is 62.6 Å². The molecule has 2 amide bonds. The second-order valence-corrected chi connectivity index (χ2v) is 6.95. The molecule has 0 saturated carbocycles. The highest BCUT2D eigenvalue weighted by Gasteiger charge is 2.30. The molecule has 0 spiro atoms. The molecule has 1 aliphatic rings. The minimum atomic E-state index is -0.120. The summed E-state index contributed by atoms with van der Waals surface area (Å²) in [5.41, 5.74) is 2.56. The first kappa shape index (κ1) is 18.0. The van der Waals surface area contributed by atoms with Crippen LogP contribution < -0.4 is 5.32 Å². The Morgan fingerprint density at radius 1 is 0.893 bits per heavy atom. The second kappa shape index (κ2) is 8.13. The average molecular weight is 374 g/mol. The zero-order chi connectivity index (χ0) is 19.3. The molecule has 28 heavy (non-hydrogen) atoms. The molecule has 0 aliphatic carbocycles. The van der Waals surface area contributed by atoms with E-state index < -0.39 is 0 Å². The van der Waals surface area contributed by atoms with Crippen LogP contribution in [0.15, 0.2) is 77.4 Å². The van der Waals surface area contributed by atoms with Crippen LogP contribution in [-0.4, -0.2) is 29.8 Å². The van der Waals surface area contributed by atoms with Gasteiger partial charge in [-0.15, -0.1) is 0 Å². The molecule has 2 aromatic carbocycles. The normalized spacial score (nSPS) is 14.6. The fourth-order valence-electron chi connectivity index (χ4n) is 3.57. The van der Waals surface area contributed by atoms with Crippen molar-refractivity contribution >= 4 is 17.5 Å². The van der Waals surface area contributed by atoms with Crippen LogP contribution in [0.2, 0.25) is 0 Å². The summed E-state index contributed by atoms with van der Waals surface area (Å²) >= 11 is 0. The number of piperidine rings is 1. The summed E-state index contributed by atoms with van der Waals surface area (Å²) in [7, 11) is 0. The van der Waals surface area contributed by atoms with Crippen LogP contribution >= 0.6 is 0 Å². The molecular formula is C23H22N2O3. The number of nitrogens with one attached hydrogen (secondary N) is 1. The number of amides is 2. The summed E-state index contributed by atoms with van der Waals surface area (Å²) in [6.07, 6.45) is 2.84.